The second kappa shape index (κ2) is 7.73. The van der Waals surface area contributed by atoms with Crippen LogP contribution in [0.1, 0.15) is 19.4 Å². The highest BCUT2D eigenvalue weighted by molar-refractivity contribution is 9.10. The maximum Gasteiger partial charge on any atom is 0.326 e. The number of aliphatic carboxylic acids is 1. The van der Waals surface area contributed by atoms with Gasteiger partial charge in [-0.3, -0.25) is 4.79 Å². The third-order valence-electron chi connectivity index (χ3n) is 2.90. The third kappa shape index (κ3) is 6.15. The molecule has 1 aromatic rings. The summed E-state index contributed by atoms with van der Waals surface area (Å²) in [5.41, 5.74) is 0.564. The van der Waals surface area contributed by atoms with E-state index in [1.807, 2.05) is 0 Å². The quantitative estimate of drug-likeness (QED) is 0.734. The van der Waals surface area contributed by atoms with Crippen LogP contribution in [0.5, 0.6) is 0 Å². The van der Waals surface area contributed by atoms with Crippen LogP contribution in [-0.4, -0.2) is 37.2 Å². The topological polar surface area (TPSA) is 101 Å². The number of hydrogen-bond acceptors (Lipinski definition) is 4. The predicted octanol–water partition coefficient (Wildman–Crippen LogP) is 1.59. The smallest absolute Gasteiger partial charge is 0.326 e. The molecule has 8 heteroatoms. The van der Waals surface area contributed by atoms with E-state index in [1.165, 1.54) is 0 Å². The van der Waals surface area contributed by atoms with E-state index in [2.05, 4.69) is 21.2 Å². The molecular formula is C14H18BrNO5S. The molecule has 1 atom stereocenters. The number of halogens is 1. The zero-order valence-electron chi connectivity index (χ0n) is 12.2. The van der Waals surface area contributed by atoms with Crippen molar-refractivity contribution in [2.75, 3.05) is 5.75 Å². The fourth-order valence-corrected chi connectivity index (χ4v) is 3.36. The van der Waals surface area contributed by atoms with Crippen molar-refractivity contribution in [1.29, 1.82) is 0 Å². The lowest BCUT2D eigenvalue weighted by molar-refractivity contribution is -0.142. The molecule has 0 radical (unpaired) electrons. The first-order valence-corrected chi connectivity index (χ1v) is 9.19. The first-order valence-electron chi connectivity index (χ1n) is 6.58. The van der Waals surface area contributed by atoms with Crippen LogP contribution in [0.2, 0.25) is 0 Å². The monoisotopic (exact) mass is 391 g/mol. The van der Waals surface area contributed by atoms with Crippen LogP contribution in [0.15, 0.2) is 28.7 Å². The molecule has 22 heavy (non-hydrogen) atoms. The highest BCUT2D eigenvalue weighted by atomic mass is 79.9. The summed E-state index contributed by atoms with van der Waals surface area (Å²) in [6.45, 7) is 3.27. The molecule has 0 bridgehead atoms. The highest BCUT2D eigenvalue weighted by Gasteiger charge is 2.26. The van der Waals surface area contributed by atoms with E-state index in [-0.39, 0.29) is 11.7 Å². The molecule has 0 saturated carbocycles. The maximum atomic E-state index is 12.0. The minimum absolute atomic E-state index is 0.271. The summed E-state index contributed by atoms with van der Waals surface area (Å²) in [7, 11) is -3.66. The lowest BCUT2D eigenvalue weighted by Gasteiger charge is -2.17. The van der Waals surface area contributed by atoms with Gasteiger partial charge in [0.2, 0.25) is 5.91 Å². The van der Waals surface area contributed by atoms with Gasteiger partial charge in [-0.2, -0.15) is 0 Å². The number of sulfone groups is 1. The highest BCUT2D eigenvalue weighted by Crippen LogP contribution is 2.13. The van der Waals surface area contributed by atoms with E-state index in [0.29, 0.717) is 5.56 Å². The predicted molar refractivity (Wildman–Crippen MR) is 86.0 cm³/mol. The third-order valence-corrected chi connectivity index (χ3v) is 4.90. The zero-order valence-corrected chi connectivity index (χ0v) is 14.6. The molecule has 1 unspecified atom stereocenters. The van der Waals surface area contributed by atoms with Crippen molar-refractivity contribution in [3.8, 4) is 0 Å². The summed E-state index contributed by atoms with van der Waals surface area (Å²) in [5.74, 6) is -3.34. The first kappa shape index (κ1) is 18.6. The van der Waals surface area contributed by atoms with Gasteiger partial charge in [-0.15, -0.1) is 0 Å². The Bertz CT molecular complexity index is 640. The second-order valence-corrected chi connectivity index (χ2v) is 8.27. The zero-order chi connectivity index (χ0) is 16.9. The molecule has 0 aliphatic heterocycles. The van der Waals surface area contributed by atoms with E-state index in [0.717, 1.165) is 4.47 Å². The number of amides is 1. The summed E-state index contributed by atoms with van der Waals surface area (Å²) in [6, 6.07) is 5.62. The summed E-state index contributed by atoms with van der Waals surface area (Å²) in [5, 5.41) is 11.2. The lowest BCUT2D eigenvalue weighted by Crippen LogP contribution is -2.46. The Kier molecular flexibility index (Phi) is 6.55. The molecule has 0 aliphatic carbocycles. The van der Waals surface area contributed by atoms with Crippen LogP contribution in [0.3, 0.4) is 0 Å². The van der Waals surface area contributed by atoms with Crippen molar-refractivity contribution >= 4 is 37.6 Å². The average Bonchev–Trinajstić information content (AvgIpc) is 2.37. The molecule has 0 fully saturated rings. The minimum atomic E-state index is -3.66. The van der Waals surface area contributed by atoms with Gasteiger partial charge in [-0.1, -0.05) is 41.9 Å². The molecule has 0 aromatic heterocycles. The van der Waals surface area contributed by atoms with Crippen molar-refractivity contribution in [2.24, 2.45) is 5.92 Å². The number of rotatable bonds is 7. The van der Waals surface area contributed by atoms with Gasteiger partial charge in [-0.05, 0) is 23.6 Å². The van der Waals surface area contributed by atoms with Gasteiger partial charge < -0.3 is 10.4 Å². The fraction of sp³-hybridized carbons (Fsp3) is 0.429. The average molecular weight is 392 g/mol. The Labute approximate surface area is 138 Å². The molecule has 6 nitrogen and oxygen atoms in total. The van der Waals surface area contributed by atoms with Crippen LogP contribution < -0.4 is 5.32 Å². The first-order chi connectivity index (χ1) is 10.1. The SMILES string of the molecule is CC(C)C(NC(=O)CS(=O)(=O)Cc1ccc(Br)cc1)C(=O)O. The van der Waals surface area contributed by atoms with Crippen LogP contribution in [0.4, 0.5) is 0 Å². The Morgan fingerprint density at radius 3 is 2.23 bits per heavy atom. The molecular weight excluding hydrogens is 374 g/mol. The summed E-state index contributed by atoms with van der Waals surface area (Å²) < 4.78 is 24.8. The molecule has 0 heterocycles. The molecule has 2 N–H and O–H groups in total. The largest absolute Gasteiger partial charge is 0.480 e. The van der Waals surface area contributed by atoms with Crippen molar-refractivity contribution < 1.29 is 23.1 Å². The Hall–Kier alpha value is -1.41. The molecule has 122 valence electrons. The molecule has 0 spiro atoms. The number of hydrogen-bond donors (Lipinski definition) is 2. The molecule has 1 aromatic carbocycles. The van der Waals surface area contributed by atoms with Crippen molar-refractivity contribution in [3.05, 3.63) is 34.3 Å². The Morgan fingerprint density at radius 2 is 1.77 bits per heavy atom. The van der Waals surface area contributed by atoms with E-state index >= 15 is 0 Å². The molecule has 0 aliphatic rings. The van der Waals surface area contributed by atoms with Gasteiger partial charge in [0.05, 0.1) is 5.75 Å². The summed E-state index contributed by atoms with van der Waals surface area (Å²) in [4.78, 5) is 22.8. The van der Waals surface area contributed by atoms with Crippen LogP contribution in [0, 0.1) is 5.92 Å². The normalized spacial score (nSPS) is 12.9. The van der Waals surface area contributed by atoms with E-state index < -0.39 is 33.5 Å². The van der Waals surface area contributed by atoms with Crippen molar-refractivity contribution in [1.82, 2.24) is 5.32 Å². The van der Waals surface area contributed by atoms with Gasteiger partial charge >= 0.3 is 5.97 Å². The summed E-state index contributed by atoms with van der Waals surface area (Å²) in [6.07, 6.45) is 0. The standard InChI is InChI=1S/C14H18BrNO5S/c1-9(2)13(14(18)19)16-12(17)8-22(20,21)7-10-3-5-11(15)6-4-10/h3-6,9,13H,7-8H2,1-2H3,(H,16,17)(H,18,19). The number of carbonyl (C=O) groups excluding carboxylic acids is 1. The lowest BCUT2D eigenvalue weighted by atomic mass is 10.1. The van der Waals surface area contributed by atoms with Crippen LogP contribution in [0.25, 0.3) is 0 Å². The van der Waals surface area contributed by atoms with E-state index in [1.54, 1.807) is 38.1 Å². The van der Waals surface area contributed by atoms with E-state index in [9.17, 15) is 18.0 Å². The second-order valence-electron chi connectivity index (χ2n) is 5.29. The van der Waals surface area contributed by atoms with Crippen LogP contribution in [-0.2, 0) is 25.2 Å². The summed E-state index contributed by atoms with van der Waals surface area (Å²) >= 11 is 3.25. The van der Waals surface area contributed by atoms with Gasteiger partial charge in [0.25, 0.3) is 0 Å². The molecule has 0 saturated heterocycles. The number of carboxylic acids is 1. The molecule has 1 rings (SSSR count). The number of benzene rings is 1. The maximum absolute atomic E-state index is 12.0. The minimum Gasteiger partial charge on any atom is -0.480 e. The van der Waals surface area contributed by atoms with Crippen molar-refractivity contribution in [3.63, 3.8) is 0 Å². The van der Waals surface area contributed by atoms with Gasteiger partial charge in [0.1, 0.15) is 11.8 Å². The van der Waals surface area contributed by atoms with Gasteiger partial charge in [-0.25, -0.2) is 13.2 Å². The number of carbonyl (C=O) groups is 2. The number of nitrogens with one attached hydrogen (secondary N) is 1. The number of carboxylic acid groups (broad SMARTS) is 1. The van der Waals surface area contributed by atoms with Crippen LogP contribution >= 0.6 is 15.9 Å². The fourth-order valence-electron chi connectivity index (χ4n) is 1.81. The van der Waals surface area contributed by atoms with Crippen molar-refractivity contribution in [2.45, 2.75) is 25.6 Å². The Balaban J connectivity index is 2.69. The Morgan fingerprint density at radius 1 is 1.23 bits per heavy atom. The van der Waals surface area contributed by atoms with Gasteiger partial charge in [0, 0.05) is 4.47 Å². The van der Waals surface area contributed by atoms with Gasteiger partial charge in [0.15, 0.2) is 9.84 Å². The molecule has 1 amide bonds. The van der Waals surface area contributed by atoms with E-state index in [4.69, 9.17) is 5.11 Å².